The molecule has 7 heteroatoms. The molecule has 25 heavy (non-hydrogen) atoms. The maximum Gasteiger partial charge on any atom is 0.255 e. The number of aliphatic hydroxyl groups excluding tert-OH is 1. The van der Waals surface area contributed by atoms with E-state index in [0.717, 1.165) is 6.07 Å². The van der Waals surface area contributed by atoms with E-state index >= 15 is 0 Å². The molecule has 0 aromatic heterocycles. The zero-order chi connectivity index (χ0) is 18.0. The van der Waals surface area contributed by atoms with Crippen molar-refractivity contribution in [3.63, 3.8) is 0 Å². The first-order chi connectivity index (χ1) is 12.0. The molecule has 0 radical (unpaired) electrons. The van der Waals surface area contributed by atoms with Crippen LogP contribution in [0.1, 0.15) is 47.2 Å². The summed E-state index contributed by atoms with van der Waals surface area (Å²) in [5.41, 5.74) is 1.03. The Morgan fingerprint density at radius 1 is 1.32 bits per heavy atom. The molecule has 2 N–H and O–H groups in total. The zero-order valence-electron chi connectivity index (χ0n) is 13.5. The second-order valence-electron chi connectivity index (χ2n) is 6.02. The molecule has 3 rings (SSSR count). The van der Waals surface area contributed by atoms with Crippen LogP contribution in [0.15, 0.2) is 12.1 Å². The van der Waals surface area contributed by atoms with Gasteiger partial charge in [0.05, 0.1) is 5.56 Å². The molecule has 130 valence electrons. The van der Waals surface area contributed by atoms with E-state index < -0.39 is 23.7 Å². The number of hydrogen-bond donors (Lipinski definition) is 2. The van der Waals surface area contributed by atoms with Gasteiger partial charge in [0.15, 0.2) is 0 Å². The third kappa shape index (κ3) is 3.39. The highest BCUT2D eigenvalue weighted by Gasteiger charge is 2.39. The van der Waals surface area contributed by atoms with E-state index in [1.807, 2.05) is 0 Å². The van der Waals surface area contributed by atoms with Crippen molar-refractivity contribution in [1.82, 2.24) is 10.2 Å². The molecule has 6 nitrogen and oxygen atoms in total. The quantitative estimate of drug-likeness (QED) is 0.480. The van der Waals surface area contributed by atoms with Gasteiger partial charge in [0, 0.05) is 31.6 Å². The second-order valence-corrected chi connectivity index (χ2v) is 6.02. The molecule has 0 aliphatic carbocycles. The van der Waals surface area contributed by atoms with Gasteiger partial charge in [-0.2, -0.15) is 0 Å². The number of carbonyl (C=O) groups is 3. The van der Waals surface area contributed by atoms with Crippen molar-refractivity contribution in [2.24, 2.45) is 0 Å². The molecule has 2 heterocycles. The highest BCUT2D eigenvalue weighted by molar-refractivity contribution is 6.05. The van der Waals surface area contributed by atoms with Gasteiger partial charge in [0.2, 0.25) is 11.8 Å². The largest absolute Gasteiger partial charge is 0.396 e. The van der Waals surface area contributed by atoms with E-state index in [2.05, 4.69) is 17.2 Å². The maximum absolute atomic E-state index is 14.2. The summed E-state index contributed by atoms with van der Waals surface area (Å²) >= 11 is 0. The minimum atomic E-state index is -0.722. The summed E-state index contributed by atoms with van der Waals surface area (Å²) in [6.07, 6.45) is 1.41. The lowest BCUT2D eigenvalue weighted by molar-refractivity contribution is -0.136. The van der Waals surface area contributed by atoms with E-state index in [9.17, 15) is 18.8 Å². The molecule has 0 bridgehead atoms. The summed E-state index contributed by atoms with van der Waals surface area (Å²) in [5, 5.41) is 11.0. The van der Waals surface area contributed by atoms with Crippen molar-refractivity contribution in [3.8, 4) is 11.8 Å². The van der Waals surface area contributed by atoms with Crippen molar-refractivity contribution < 1.29 is 23.9 Å². The van der Waals surface area contributed by atoms with Gasteiger partial charge >= 0.3 is 0 Å². The lowest BCUT2D eigenvalue weighted by Crippen LogP contribution is -2.52. The van der Waals surface area contributed by atoms with Gasteiger partial charge < -0.3 is 10.0 Å². The van der Waals surface area contributed by atoms with Gasteiger partial charge in [-0.25, -0.2) is 4.39 Å². The number of piperidine rings is 1. The van der Waals surface area contributed by atoms with E-state index in [4.69, 9.17) is 5.11 Å². The molecule has 1 fully saturated rings. The monoisotopic (exact) mass is 344 g/mol. The highest BCUT2D eigenvalue weighted by atomic mass is 19.1. The highest BCUT2D eigenvalue weighted by Crippen LogP contribution is 2.29. The van der Waals surface area contributed by atoms with E-state index in [0.29, 0.717) is 18.4 Å². The fourth-order valence-electron chi connectivity index (χ4n) is 3.01. The number of nitrogens with one attached hydrogen (secondary N) is 1. The molecule has 0 spiro atoms. The average molecular weight is 344 g/mol. The first-order valence-corrected chi connectivity index (χ1v) is 8.08. The van der Waals surface area contributed by atoms with Crippen LogP contribution in [0, 0.1) is 17.7 Å². The Hall–Kier alpha value is -2.72. The number of rotatable bonds is 3. The Balaban J connectivity index is 1.82. The number of benzene rings is 1. The summed E-state index contributed by atoms with van der Waals surface area (Å²) < 4.78 is 14.2. The first kappa shape index (κ1) is 17.1. The van der Waals surface area contributed by atoms with Gasteiger partial charge in [-0.05, 0) is 30.5 Å². The van der Waals surface area contributed by atoms with Crippen molar-refractivity contribution in [3.05, 3.63) is 34.6 Å². The molecule has 1 aromatic rings. The smallest absolute Gasteiger partial charge is 0.255 e. The standard InChI is InChI=1S/C18H17FN2O4/c19-14-9-13-12(8-11(14)4-2-1-3-7-22)10-21(18(13)25)15-5-6-16(23)20-17(15)24/h8-9,15,22H,1,3,5-7,10H2,(H,20,23,24). The SMILES string of the molecule is O=C1CCC(N2Cc3cc(C#CCCCO)c(F)cc3C2=O)C(=O)N1. The lowest BCUT2D eigenvalue weighted by atomic mass is 10.0. The van der Waals surface area contributed by atoms with Crippen LogP contribution in [0.3, 0.4) is 0 Å². The van der Waals surface area contributed by atoms with Gasteiger partial charge in [-0.1, -0.05) is 11.8 Å². The summed E-state index contributed by atoms with van der Waals surface area (Å²) in [6.45, 7) is 0.211. The number of carbonyl (C=O) groups excluding carboxylic acids is 3. The predicted octanol–water partition coefficient (Wildman–Crippen LogP) is 0.711. The van der Waals surface area contributed by atoms with E-state index in [-0.39, 0.29) is 43.0 Å². The number of fused-ring (bicyclic) bond motifs is 1. The number of halogens is 1. The Kier molecular flexibility index (Phi) is 4.81. The van der Waals surface area contributed by atoms with Crippen LogP contribution in [0.2, 0.25) is 0 Å². The molecule has 1 atom stereocenters. The van der Waals surface area contributed by atoms with Gasteiger partial charge in [-0.15, -0.1) is 0 Å². The maximum atomic E-state index is 14.2. The Labute approximate surface area is 144 Å². The van der Waals surface area contributed by atoms with Crippen LogP contribution < -0.4 is 5.32 Å². The number of amides is 3. The molecule has 1 saturated heterocycles. The number of hydrogen-bond acceptors (Lipinski definition) is 4. The second kappa shape index (κ2) is 7.03. The molecule has 0 saturated carbocycles. The summed E-state index contributed by atoms with van der Waals surface area (Å²) in [7, 11) is 0. The summed E-state index contributed by atoms with van der Waals surface area (Å²) in [5.74, 6) is 3.64. The average Bonchev–Trinajstić information content (AvgIpc) is 2.88. The fourth-order valence-corrected chi connectivity index (χ4v) is 3.01. The molecular formula is C18H17FN2O4. The number of aliphatic hydroxyl groups is 1. The molecule has 3 amide bonds. The van der Waals surface area contributed by atoms with E-state index in [1.54, 1.807) is 0 Å². The van der Waals surface area contributed by atoms with Crippen molar-refractivity contribution in [2.75, 3.05) is 6.61 Å². The van der Waals surface area contributed by atoms with Crippen molar-refractivity contribution >= 4 is 17.7 Å². The third-order valence-corrected chi connectivity index (χ3v) is 4.29. The van der Waals surface area contributed by atoms with Gasteiger partial charge in [-0.3, -0.25) is 19.7 Å². The lowest BCUT2D eigenvalue weighted by Gasteiger charge is -2.29. The minimum absolute atomic E-state index is 0.0246. The van der Waals surface area contributed by atoms with Crippen LogP contribution in [0.4, 0.5) is 4.39 Å². The fraction of sp³-hybridized carbons (Fsp3) is 0.389. The normalized spacial score (nSPS) is 19.4. The Bertz CT molecular complexity index is 809. The van der Waals surface area contributed by atoms with Crippen LogP contribution in [0.25, 0.3) is 0 Å². The first-order valence-electron chi connectivity index (χ1n) is 8.08. The van der Waals surface area contributed by atoms with Crippen LogP contribution in [-0.4, -0.2) is 40.4 Å². The molecular weight excluding hydrogens is 327 g/mol. The van der Waals surface area contributed by atoms with Crippen molar-refractivity contribution in [1.29, 1.82) is 0 Å². The van der Waals surface area contributed by atoms with Gasteiger partial charge in [0.1, 0.15) is 11.9 Å². The van der Waals surface area contributed by atoms with E-state index in [1.165, 1.54) is 11.0 Å². The summed E-state index contributed by atoms with van der Waals surface area (Å²) in [4.78, 5) is 37.1. The van der Waals surface area contributed by atoms with Crippen LogP contribution in [-0.2, 0) is 16.1 Å². The topological polar surface area (TPSA) is 86.7 Å². The molecule has 1 unspecified atom stereocenters. The van der Waals surface area contributed by atoms with Gasteiger partial charge in [0.25, 0.3) is 5.91 Å². The minimum Gasteiger partial charge on any atom is -0.396 e. The summed E-state index contributed by atoms with van der Waals surface area (Å²) in [6, 6.07) is 1.96. The molecule has 1 aromatic carbocycles. The predicted molar refractivity (Wildman–Crippen MR) is 85.6 cm³/mol. The molecule has 2 aliphatic heterocycles. The van der Waals surface area contributed by atoms with Crippen LogP contribution >= 0.6 is 0 Å². The third-order valence-electron chi connectivity index (χ3n) is 4.29. The molecule has 2 aliphatic rings. The number of unbranched alkanes of at least 4 members (excludes halogenated alkanes) is 1. The number of imide groups is 1. The Morgan fingerprint density at radius 2 is 2.12 bits per heavy atom. The number of nitrogens with zero attached hydrogens (tertiary/aromatic N) is 1. The zero-order valence-corrected chi connectivity index (χ0v) is 13.5. The Morgan fingerprint density at radius 3 is 2.84 bits per heavy atom. The van der Waals surface area contributed by atoms with Crippen molar-refractivity contribution in [2.45, 2.75) is 38.3 Å². The van der Waals surface area contributed by atoms with Crippen LogP contribution in [0.5, 0.6) is 0 Å².